The van der Waals surface area contributed by atoms with Gasteiger partial charge in [0, 0.05) is 19.0 Å². The Morgan fingerprint density at radius 2 is 1.64 bits per heavy atom. The number of aromatic hydroxyl groups is 1. The van der Waals surface area contributed by atoms with Crippen LogP contribution < -0.4 is 0 Å². The highest BCUT2D eigenvalue weighted by molar-refractivity contribution is 5.79. The molecule has 1 amide bonds. The zero-order valence-electron chi connectivity index (χ0n) is 15.5. The lowest BCUT2D eigenvalue weighted by Gasteiger charge is -2.28. The Hall–Kier alpha value is -3.27. The van der Waals surface area contributed by atoms with Gasteiger partial charge in [-0.1, -0.05) is 54.6 Å². The van der Waals surface area contributed by atoms with Crippen molar-refractivity contribution in [2.45, 2.75) is 18.9 Å². The van der Waals surface area contributed by atoms with Gasteiger partial charge >= 0.3 is 6.09 Å². The molecule has 3 aromatic carbocycles. The van der Waals surface area contributed by atoms with Crippen LogP contribution in [-0.2, 0) is 17.7 Å². The summed E-state index contributed by atoms with van der Waals surface area (Å²) in [7, 11) is 0. The third-order valence-corrected chi connectivity index (χ3v) is 5.80. The highest BCUT2D eigenvalue weighted by atomic mass is 16.6. The van der Waals surface area contributed by atoms with Crippen molar-refractivity contribution < 1.29 is 14.6 Å². The molecular formula is C24H21NO3. The fourth-order valence-electron chi connectivity index (χ4n) is 4.38. The molecule has 0 atom stereocenters. The SMILES string of the molecule is O=C(OCC1c2ccccc2-c2ccccc21)N1CCc2cc(O)ccc2C1. The molecule has 28 heavy (non-hydrogen) atoms. The maximum atomic E-state index is 12.7. The Morgan fingerprint density at radius 3 is 2.36 bits per heavy atom. The van der Waals surface area contributed by atoms with Crippen LogP contribution in [0.4, 0.5) is 4.79 Å². The molecule has 0 radical (unpaired) electrons. The Kier molecular flexibility index (Phi) is 4.05. The van der Waals surface area contributed by atoms with E-state index in [4.69, 9.17) is 4.74 Å². The second kappa shape index (κ2) is 6.71. The predicted molar refractivity (Wildman–Crippen MR) is 107 cm³/mol. The molecule has 0 fully saturated rings. The molecule has 0 spiro atoms. The van der Waals surface area contributed by atoms with E-state index in [0.29, 0.717) is 19.7 Å². The first kappa shape index (κ1) is 16.9. The second-order valence-corrected chi connectivity index (χ2v) is 7.43. The average molecular weight is 371 g/mol. The molecule has 4 nitrogen and oxygen atoms in total. The highest BCUT2D eigenvalue weighted by Gasteiger charge is 2.30. The summed E-state index contributed by atoms with van der Waals surface area (Å²) >= 11 is 0. The summed E-state index contributed by atoms with van der Waals surface area (Å²) < 4.78 is 5.76. The zero-order valence-corrected chi connectivity index (χ0v) is 15.5. The average Bonchev–Trinajstić information content (AvgIpc) is 3.05. The zero-order chi connectivity index (χ0) is 19.1. The standard InChI is InChI=1S/C24H21NO3/c26-18-10-9-17-14-25(12-11-16(17)13-18)24(27)28-15-23-21-7-3-1-5-19(21)20-6-2-4-8-22(20)23/h1-10,13,23,26H,11-12,14-15H2. The monoisotopic (exact) mass is 371 g/mol. The molecule has 1 heterocycles. The van der Waals surface area contributed by atoms with Crippen LogP contribution in [0, 0.1) is 0 Å². The number of phenols is 1. The number of carbonyl (C=O) groups excluding carboxylic acids is 1. The lowest BCUT2D eigenvalue weighted by atomic mass is 9.98. The van der Waals surface area contributed by atoms with Gasteiger partial charge in [0.25, 0.3) is 0 Å². The quantitative estimate of drug-likeness (QED) is 0.710. The van der Waals surface area contributed by atoms with Crippen molar-refractivity contribution in [1.82, 2.24) is 4.90 Å². The topological polar surface area (TPSA) is 49.8 Å². The van der Waals surface area contributed by atoms with E-state index in [1.807, 2.05) is 30.3 Å². The predicted octanol–water partition coefficient (Wildman–Crippen LogP) is 4.70. The summed E-state index contributed by atoms with van der Waals surface area (Å²) in [5.41, 5.74) is 7.06. The summed E-state index contributed by atoms with van der Waals surface area (Å²) in [6.07, 6.45) is 0.453. The summed E-state index contributed by atoms with van der Waals surface area (Å²) in [5.74, 6) is 0.346. The molecular weight excluding hydrogens is 350 g/mol. The normalized spacial score (nSPS) is 14.9. The molecule has 0 saturated heterocycles. The molecule has 1 N–H and O–H groups in total. The molecule has 5 rings (SSSR count). The first-order valence-corrected chi connectivity index (χ1v) is 9.61. The fraction of sp³-hybridized carbons (Fsp3) is 0.208. The number of nitrogens with zero attached hydrogens (tertiary/aromatic N) is 1. The van der Waals surface area contributed by atoms with E-state index >= 15 is 0 Å². The Bertz CT molecular complexity index is 1010. The van der Waals surface area contributed by atoms with Gasteiger partial charge in [0.05, 0.1) is 0 Å². The smallest absolute Gasteiger partial charge is 0.410 e. The van der Waals surface area contributed by atoms with Crippen molar-refractivity contribution in [3.63, 3.8) is 0 Å². The van der Waals surface area contributed by atoms with Crippen molar-refractivity contribution in [3.8, 4) is 16.9 Å². The minimum atomic E-state index is -0.277. The second-order valence-electron chi connectivity index (χ2n) is 7.43. The van der Waals surface area contributed by atoms with Gasteiger partial charge in [-0.25, -0.2) is 4.79 Å². The van der Waals surface area contributed by atoms with Crippen molar-refractivity contribution in [2.75, 3.05) is 13.2 Å². The summed E-state index contributed by atoms with van der Waals surface area (Å²) in [6, 6.07) is 22.0. The molecule has 140 valence electrons. The fourth-order valence-corrected chi connectivity index (χ4v) is 4.38. The first-order chi connectivity index (χ1) is 13.7. The molecule has 0 unspecified atom stereocenters. The molecule has 4 heteroatoms. The van der Waals surface area contributed by atoms with Crippen molar-refractivity contribution >= 4 is 6.09 Å². The van der Waals surface area contributed by atoms with Crippen LogP contribution in [0.15, 0.2) is 66.7 Å². The number of amides is 1. The van der Waals surface area contributed by atoms with E-state index in [1.165, 1.54) is 22.3 Å². The van der Waals surface area contributed by atoms with Gasteiger partial charge < -0.3 is 14.7 Å². The van der Waals surface area contributed by atoms with Gasteiger partial charge in [-0.2, -0.15) is 0 Å². The van der Waals surface area contributed by atoms with Crippen LogP contribution in [0.25, 0.3) is 11.1 Å². The van der Waals surface area contributed by atoms with Gasteiger partial charge in [0.1, 0.15) is 12.4 Å². The number of carbonyl (C=O) groups is 1. The van der Waals surface area contributed by atoms with Gasteiger partial charge in [-0.05, 0) is 51.9 Å². The maximum Gasteiger partial charge on any atom is 0.410 e. The molecule has 2 aliphatic rings. The first-order valence-electron chi connectivity index (χ1n) is 9.61. The number of benzene rings is 3. The molecule has 0 saturated carbocycles. The number of rotatable bonds is 2. The summed E-state index contributed by atoms with van der Waals surface area (Å²) in [6.45, 7) is 1.46. The number of fused-ring (bicyclic) bond motifs is 4. The Labute approximate surface area is 164 Å². The van der Waals surface area contributed by atoms with Crippen molar-refractivity contribution in [1.29, 1.82) is 0 Å². The van der Waals surface area contributed by atoms with Gasteiger partial charge in [0.2, 0.25) is 0 Å². The van der Waals surface area contributed by atoms with Gasteiger partial charge in [-0.3, -0.25) is 0 Å². The number of phenolic OH excluding ortho intramolecular Hbond substituents is 1. The van der Waals surface area contributed by atoms with E-state index in [0.717, 1.165) is 17.5 Å². The third-order valence-electron chi connectivity index (χ3n) is 5.80. The van der Waals surface area contributed by atoms with E-state index in [9.17, 15) is 9.90 Å². The Morgan fingerprint density at radius 1 is 0.964 bits per heavy atom. The molecule has 1 aliphatic heterocycles. The third kappa shape index (κ3) is 2.82. The molecule has 3 aromatic rings. The number of hydrogen-bond acceptors (Lipinski definition) is 3. The minimum Gasteiger partial charge on any atom is -0.508 e. The molecule has 0 aromatic heterocycles. The van der Waals surface area contributed by atoms with Gasteiger partial charge in [0.15, 0.2) is 0 Å². The number of hydrogen-bond donors (Lipinski definition) is 1. The van der Waals surface area contributed by atoms with Crippen LogP contribution >= 0.6 is 0 Å². The van der Waals surface area contributed by atoms with Crippen molar-refractivity contribution in [3.05, 3.63) is 89.0 Å². The van der Waals surface area contributed by atoms with Crippen molar-refractivity contribution in [2.24, 2.45) is 0 Å². The highest BCUT2D eigenvalue weighted by Crippen LogP contribution is 2.44. The van der Waals surface area contributed by atoms with Crippen LogP contribution in [0.1, 0.15) is 28.2 Å². The van der Waals surface area contributed by atoms with E-state index in [2.05, 4.69) is 24.3 Å². The largest absolute Gasteiger partial charge is 0.508 e. The minimum absolute atomic E-state index is 0.0744. The maximum absolute atomic E-state index is 12.7. The summed E-state index contributed by atoms with van der Waals surface area (Å²) in [5, 5.41) is 9.62. The van der Waals surface area contributed by atoms with Gasteiger partial charge in [-0.15, -0.1) is 0 Å². The van der Waals surface area contributed by atoms with E-state index in [1.54, 1.807) is 17.0 Å². The molecule has 0 bridgehead atoms. The summed E-state index contributed by atoms with van der Waals surface area (Å²) in [4.78, 5) is 14.5. The van der Waals surface area contributed by atoms with Crippen LogP contribution in [-0.4, -0.2) is 29.3 Å². The van der Waals surface area contributed by atoms with E-state index < -0.39 is 0 Å². The van der Waals surface area contributed by atoms with Crippen LogP contribution in [0.2, 0.25) is 0 Å². The Balaban J connectivity index is 1.32. The van der Waals surface area contributed by atoms with E-state index in [-0.39, 0.29) is 17.8 Å². The lowest BCUT2D eigenvalue weighted by molar-refractivity contribution is 0.0953. The van der Waals surface area contributed by atoms with Crippen LogP contribution in [0.5, 0.6) is 5.75 Å². The lowest BCUT2D eigenvalue weighted by Crippen LogP contribution is -2.36. The molecule has 1 aliphatic carbocycles. The van der Waals surface area contributed by atoms with Crippen LogP contribution in [0.3, 0.4) is 0 Å². The number of ether oxygens (including phenoxy) is 1.